The van der Waals surface area contributed by atoms with Gasteiger partial charge >= 0.3 is 0 Å². The van der Waals surface area contributed by atoms with Gasteiger partial charge in [-0.1, -0.05) is 12.1 Å². The lowest BCUT2D eigenvalue weighted by molar-refractivity contribution is -0.121. The van der Waals surface area contributed by atoms with Crippen molar-refractivity contribution in [3.05, 3.63) is 48.0 Å². The summed E-state index contributed by atoms with van der Waals surface area (Å²) in [6, 6.07) is 12.0. The van der Waals surface area contributed by atoms with Crippen LogP contribution >= 0.6 is 11.8 Å². The van der Waals surface area contributed by atoms with Gasteiger partial charge in [-0.25, -0.2) is 8.42 Å². The molecule has 0 aliphatic carbocycles. The van der Waals surface area contributed by atoms with Crippen molar-refractivity contribution < 1.29 is 22.7 Å². The smallest absolute Gasteiger partial charge is 0.225 e. The standard InChI is InChI=1S/C21H24N2O5S2/c1-14(10-21(25)22-13-15-4-3-5-16(11-15)28-2)30(26,27)17-6-7-19-18(12-17)23-20(24)8-9-29-19/h3-7,11-12,14H,8-10,13H2,1-2H3,(H,22,25)(H,23,24)/t14-/m1/s1. The summed E-state index contributed by atoms with van der Waals surface area (Å²) in [7, 11) is -2.17. The summed E-state index contributed by atoms with van der Waals surface area (Å²) >= 11 is 1.51. The van der Waals surface area contributed by atoms with Gasteiger partial charge in [-0.05, 0) is 42.8 Å². The van der Waals surface area contributed by atoms with E-state index in [0.29, 0.717) is 23.6 Å². The number of hydrogen-bond donors (Lipinski definition) is 2. The SMILES string of the molecule is COc1cccc(CNC(=O)C[C@@H](C)S(=O)(=O)c2ccc3c(c2)NC(=O)CCS3)c1. The number of amides is 2. The van der Waals surface area contributed by atoms with Crippen LogP contribution in [0.4, 0.5) is 5.69 Å². The summed E-state index contributed by atoms with van der Waals surface area (Å²) in [5.74, 6) is 0.842. The number of rotatable bonds is 7. The van der Waals surface area contributed by atoms with Gasteiger partial charge in [-0.15, -0.1) is 11.8 Å². The van der Waals surface area contributed by atoms with Gasteiger partial charge in [0, 0.05) is 30.0 Å². The first-order valence-electron chi connectivity index (χ1n) is 9.50. The minimum Gasteiger partial charge on any atom is -0.497 e. The zero-order valence-corrected chi connectivity index (χ0v) is 18.4. The third-order valence-electron chi connectivity index (χ3n) is 4.77. The van der Waals surface area contributed by atoms with E-state index in [-0.39, 0.29) is 29.7 Å². The van der Waals surface area contributed by atoms with Crippen molar-refractivity contribution in [2.45, 2.75) is 41.4 Å². The van der Waals surface area contributed by atoms with Gasteiger partial charge < -0.3 is 15.4 Å². The summed E-state index contributed by atoms with van der Waals surface area (Å²) in [5.41, 5.74) is 1.36. The molecule has 2 N–H and O–H groups in total. The summed E-state index contributed by atoms with van der Waals surface area (Å²) in [5, 5.41) is 4.59. The third kappa shape index (κ3) is 5.34. The Morgan fingerprint density at radius 1 is 1.27 bits per heavy atom. The van der Waals surface area contributed by atoms with Gasteiger partial charge in [0.05, 0.1) is 22.9 Å². The van der Waals surface area contributed by atoms with Gasteiger partial charge in [-0.3, -0.25) is 9.59 Å². The summed E-state index contributed by atoms with van der Waals surface area (Å²) in [6.45, 7) is 1.80. The summed E-state index contributed by atoms with van der Waals surface area (Å²) in [6.07, 6.45) is 0.218. The van der Waals surface area contributed by atoms with Gasteiger partial charge in [0.2, 0.25) is 11.8 Å². The summed E-state index contributed by atoms with van der Waals surface area (Å²) < 4.78 is 31.1. The van der Waals surface area contributed by atoms with E-state index >= 15 is 0 Å². The van der Waals surface area contributed by atoms with Gasteiger partial charge in [0.1, 0.15) is 5.75 Å². The third-order valence-corrected chi connectivity index (χ3v) is 7.98. The number of hydrogen-bond acceptors (Lipinski definition) is 6. The van der Waals surface area contributed by atoms with E-state index in [1.807, 2.05) is 18.2 Å². The fourth-order valence-electron chi connectivity index (χ4n) is 3.03. The molecule has 1 aliphatic heterocycles. The number of nitrogens with one attached hydrogen (secondary N) is 2. The van der Waals surface area contributed by atoms with E-state index in [1.165, 1.54) is 30.8 Å². The Bertz CT molecular complexity index is 1050. The number of carbonyl (C=O) groups is 2. The minimum atomic E-state index is -3.73. The van der Waals surface area contributed by atoms with Crippen molar-refractivity contribution in [3.63, 3.8) is 0 Å². The van der Waals surface area contributed by atoms with E-state index < -0.39 is 15.1 Å². The molecule has 1 atom stereocenters. The Morgan fingerprint density at radius 3 is 2.83 bits per heavy atom. The number of thioether (sulfide) groups is 1. The van der Waals surface area contributed by atoms with E-state index in [0.717, 1.165) is 10.5 Å². The van der Waals surface area contributed by atoms with Crippen LogP contribution in [0, 0.1) is 0 Å². The van der Waals surface area contributed by atoms with Crippen molar-refractivity contribution in [1.82, 2.24) is 5.32 Å². The molecule has 0 bridgehead atoms. The first-order chi connectivity index (χ1) is 14.3. The molecule has 0 fully saturated rings. The predicted octanol–water partition coefficient (Wildman–Crippen LogP) is 3.00. The molecule has 0 saturated carbocycles. The van der Waals surface area contributed by atoms with Crippen molar-refractivity contribution in [2.24, 2.45) is 0 Å². The van der Waals surface area contributed by atoms with Crippen molar-refractivity contribution in [1.29, 1.82) is 0 Å². The van der Waals surface area contributed by atoms with Crippen LogP contribution in [0.2, 0.25) is 0 Å². The largest absolute Gasteiger partial charge is 0.497 e. The van der Waals surface area contributed by atoms with Gasteiger partial charge in [0.25, 0.3) is 0 Å². The average Bonchev–Trinajstić information content (AvgIpc) is 2.92. The molecule has 2 amide bonds. The second-order valence-corrected chi connectivity index (χ2v) is 10.5. The van der Waals surface area contributed by atoms with Crippen LogP contribution in [0.1, 0.15) is 25.3 Å². The van der Waals surface area contributed by atoms with Crippen molar-refractivity contribution >= 4 is 39.1 Å². The molecule has 1 heterocycles. The van der Waals surface area contributed by atoms with Crippen LogP contribution in [-0.4, -0.2) is 38.3 Å². The Labute approximate surface area is 180 Å². The maximum Gasteiger partial charge on any atom is 0.225 e. The zero-order chi connectivity index (χ0) is 21.7. The highest BCUT2D eigenvalue weighted by Gasteiger charge is 2.27. The number of fused-ring (bicyclic) bond motifs is 1. The average molecular weight is 449 g/mol. The highest BCUT2D eigenvalue weighted by Crippen LogP contribution is 2.33. The molecular formula is C21H24N2O5S2. The highest BCUT2D eigenvalue weighted by atomic mass is 32.2. The molecule has 0 unspecified atom stereocenters. The van der Waals surface area contributed by atoms with Crippen LogP contribution in [0.25, 0.3) is 0 Å². The zero-order valence-electron chi connectivity index (χ0n) is 16.8. The van der Waals surface area contributed by atoms with Crippen LogP contribution in [0.3, 0.4) is 0 Å². The fraction of sp³-hybridized carbons (Fsp3) is 0.333. The van der Waals surface area contributed by atoms with Crippen LogP contribution in [0.5, 0.6) is 5.75 Å². The van der Waals surface area contributed by atoms with Crippen molar-refractivity contribution in [3.8, 4) is 5.75 Å². The molecule has 2 aromatic carbocycles. The fourth-order valence-corrected chi connectivity index (χ4v) is 5.35. The maximum atomic E-state index is 13.0. The molecule has 30 heavy (non-hydrogen) atoms. The second kappa shape index (κ2) is 9.53. The quantitative estimate of drug-likeness (QED) is 0.675. The maximum absolute atomic E-state index is 13.0. The van der Waals surface area contributed by atoms with Crippen molar-refractivity contribution in [2.75, 3.05) is 18.2 Å². The molecule has 0 radical (unpaired) electrons. The van der Waals surface area contributed by atoms with E-state index in [4.69, 9.17) is 4.74 Å². The molecule has 0 spiro atoms. The van der Waals surface area contributed by atoms with Crippen LogP contribution < -0.4 is 15.4 Å². The first-order valence-corrected chi connectivity index (χ1v) is 12.0. The highest BCUT2D eigenvalue weighted by molar-refractivity contribution is 7.99. The number of methoxy groups -OCH3 is 1. The summed E-state index contributed by atoms with van der Waals surface area (Å²) in [4.78, 5) is 25.0. The van der Waals surface area contributed by atoms with Crippen LogP contribution in [0.15, 0.2) is 52.3 Å². The minimum absolute atomic E-state index is 0.0946. The topological polar surface area (TPSA) is 102 Å². The van der Waals surface area contributed by atoms with Crippen LogP contribution in [-0.2, 0) is 26.0 Å². The number of carbonyl (C=O) groups excluding carboxylic acids is 2. The molecular weight excluding hydrogens is 424 g/mol. The Hall–Kier alpha value is -2.52. The lowest BCUT2D eigenvalue weighted by atomic mass is 10.2. The van der Waals surface area contributed by atoms with E-state index in [1.54, 1.807) is 19.2 Å². The first kappa shape index (κ1) is 22.2. The molecule has 9 heteroatoms. The van der Waals surface area contributed by atoms with Gasteiger partial charge in [0.15, 0.2) is 9.84 Å². The Kier molecular flexibility index (Phi) is 7.04. The number of anilines is 1. The predicted molar refractivity (Wildman–Crippen MR) is 117 cm³/mol. The lowest BCUT2D eigenvalue weighted by Gasteiger charge is -2.15. The lowest BCUT2D eigenvalue weighted by Crippen LogP contribution is -2.29. The molecule has 160 valence electrons. The molecule has 7 nitrogen and oxygen atoms in total. The number of ether oxygens (including phenoxy) is 1. The molecule has 0 saturated heterocycles. The molecule has 1 aliphatic rings. The number of benzene rings is 2. The Morgan fingerprint density at radius 2 is 2.07 bits per heavy atom. The van der Waals surface area contributed by atoms with E-state index in [9.17, 15) is 18.0 Å². The van der Waals surface area contributed by atoms with Gasteiger partial charge in [-0.2, -0.15) is 0 Å². The Balaban J connectivity index is 1.66. The molecule has 0 aromatic heterocycles. The monoisotopic (exact) mass is 448 g/mol. The van der Waals surface area contributed by atoms with E-state index in [2.05, 4.69) is 10.6 Å². The second-order valence-electron chi connectivity index (χ2n) is 6.99. The molecule has 2 aromatic rings. The number of sulfone groups is 1. The molecule has 3 rings (SSSR count). The normalized spacial score (nSPS) is 14.8.